The fourth-order valence-corrected chi connectivity index (χ4v) is 1.82. The summed E-state index contributed by atoms with van der Waals surface area (Å²) in [5.74, 6) is -0.275. The van der Waals surface area contributed by atoms with Crippen molar-refractivity contribution in [1.29, 1.82) is 0 Å². The summed E-state index contributed by atoms with van der Waals surface area (Å²) < 4.78 is 14.4. The van der Waals surface area contributed by atoms with Crippen molar-refractivity contribution in [2.75, 3.05) is 13.2 Å². The molecule has 3 N–H and O–H groups in total. The van der Waals surface area contributed by atoms with Gasteiger partial charge in [0.05, 0.1) is 18.1 Å². The van der Waals surface area contributed by atoms with Crippen molar-refractivity contribution in [2.24, 2.45) is 0 Å². The molecule has 0 aliphatic heterocycles. The molecule has 0 spiro atoms. The summed E-state index contributed by atoms with van der Waals surface area (Å²) in [5, 5.41) is 7.61. The van der Waals surface area contributed by atoms with Gasteiger partial charge in [0, 0.05) is 6.54 Å². The van der Waals surface area contributed by atoms with Gasteiger partial charge in [0.15, 0.2) is 5.11 Å². The van der Waals surface area contributed by atoms with Crippen LogP contribution in [0.25, 0.3) is 0 Å². The summed E-state index contributed by atoms with van der Waals surface area (Å²) in [6, 6.07) is -0.938. The number of carbonyl (C=O) groups excluding carboxylic acids is 3. The highest BCUT2D eigenvalue weighted by molar-refractivity contribution is 7.80. The zero-order valence-corrected chi connectivity index (χ0v) is 16.0. The summed E-state index contributed by atoms with van der Waals surface area (Å²) >= 11 is 4.92. The van der Waals surface area contributed by atoms with Crippen LogP contribution in [0, 0.1) is 0 Å². The van der Waals surface area contributed by atoms with Gasteiger partial charge in [-0.2, -0.15) is 0 Å². The molecule has 0 bridgehead atoms. The molecule has 0 aliphatic carbocycles. The third-order valence-electron chi connectivity index (χ3n) is 2.56. The number of hydrogen-bond acceptors (Lipinski definition) is 7. The fraction of sp³-hybridized carbons (Fsp3) is 0.500. The van der Waals surface area contributed by atoms with Crippen molar-refractivity contribution in [3.8, 4) is 0 Å². The lowest BCUT2D eigenvalue weighted by Gasteiger charge is -2.17. The van der Waals surface area contributed by atoms with Crippen LogP contribution in [-0.2, 0) is 19.0 Å². The van der Waals surface area contributed by atoms with Crippen LogP contribution in [0.4, 0.5) is 9.59 Å². The number of rotatable bonds is 9. The van der Waals surface area contributed by atoms with Gasteiger partial charge in [-0.15, -0.1) is 0 Å². The van der Waals surface area contributed by atoms with Crippen LogP contribution in [0.3, 0.4) is 0 Å². The lowest BCUT2D eigenvalue weighted by atomic mass is 10.1. The number of amides is 2. The Balaban J connectivity index is 4.45. The van der Waals surface area contributed by atoms with Gasteiger partial charge in [-0.1, -0.05) is 13.2 Å². The lowest BCUT2D eigenvalue weighted by Crippen LogP contribution is -2.43. The van der Waals surface area contributed by atoms with Gasteiger partial charge in [-0.3, -0.25) is 5.32 Å². The number of allylic oxidation sites excluding steroid dienone is 2. The first-order chi connectivity index (χ1) is 12.1. The second kappa shape index (κ2) is 12.7. The summed E-state index contributed by atoms with van der Waals surface area (Å²) in [7, 11) is 0. The first-order valence-electron chi connectivity index (χ1n) is 7.88. The van der Waals surface area contributed by atoms with Crippen molar-refractivity contribution in [3.63, 3.8) is 0 Å². The van der Waals surface area contributed by atoms with Gasteiger partial charge in [-0.25, -0.2) is 14.4 Å². The average molecular weight is 387 g/mol. The van der Waals surface area contributed by atoms with Crippen molar-refractivity contribution >= 4 is 35.5 Å². The van der Waals surface area contributed by atoms with E-state index in [1.165, 1.54) is 13.8 Å². The molecule has 0 saturated carbocycles. The quantitative estimate of drug-likeness (QED) is 0.181. The molecule has 146 valence electrons. The van der Waals surface area contributed by atoms with E-state index >= 15 is 0 Å². The molecule has 0 aromatic heterocycles. The molecule has 26 heavy (non-hydrogen) atoms. The Bertz CT molecular complexity index is 564. The van der Waals surface area contributed by atoms with Crippen molar-refractivity contribution in [3.05, 3.63) is 24.7 Å². The summed E-state index contributed by atoms with van der Waals surface area (Å²) in [4.78, 5) is 34.9. The molecule has 0 saturated heterocycles. The number of thiocarbonyl (C=S) groups is 1. The Morgan fingerprint density at radius 1 is 1.08 bits per heavy atom. The third kappa shape index (κ3) is 11.8. The van der Waals surface area contributed by atoms with E-state index in [-0.39, 0.29) is 29.7 Å². The Labute approximate surface area is 158 Å². The highest BCUT2D eigenvalue weighted by Crippen LogP contribution is 2.04. The van der Waals surface area contributed by atoms with E-state index in [0.29, 0.717) is 13.0 Å². The SMILES string of the molecule is C=C(C)OC(=O)N[C@@H](CCCNC(=S)NC(=O)OCC)C(=O)OC(=C)C. The van der Waals surface area contributed by atoms with E-state index in [4.69, 9.17) is 21.7 Å². The standard InChI is InChI=1S/C16H25N3O6S/c1-6-23-15(21)19-14(26)17-9-7-8-12(13(20)24-10(2)3)18-16(22)25-11(4)5/h12H,2,4,6-9H2,1,3,5H3,(H,18,22)(H2,17,19,21,26)/t12-/m0/s1. The largest absolute Gasteiger partial charge is 0.450 e. The molecule has 0 aliphatic rings. The maximum atomic E-state index is 12.0. The first kappa shape index (κ1) is 23.4. The van der Waals surface area contributed by atoms with Gasteiger partial charge in [-0.05, 0) is 45.8 Å². The average Bonchev–Trinajstić information content (AvgIpc) is 2.48. The van der Waals surface area contributed by atoms with Crippen LogP contribution in [0.2, 0.25) is 0 Å². The second-order valence-electron chi connectivity index (χ2n) is 5.16. The molecule has 0 fully saturated rings. The minimum atomic E-state index is -0.938. The Morgan fingerprint density at radius 2 is 1.69 bits per heavy atom. The van der Waals surface area contributed by atoms with Crippen LogP contribution in [0.1, 0.15) is 33.6 Å². The maximum absolute atomic E-state index is 12.0. The Kier molecular flexibility index (Phi) is 11.4. The van der Waals surface area contributed by atoms with Crippen molar-refractivity contribution < 1.29 is 28.6 Å². The number of nitrogens with one attached hydrogen (secondary N) is 3. The maximum Gasteiger partial charge on any atom is 0.413 e. The summed E-state index contributed by atoms with van der Waals surface area (Å²) in [6.45, 7) is 12.2. The van der Waals surface area contributed by atoms with Crippen LogP contribution in [0.5, 0.6) is 0 Å². The number of esters is 1. The highest BCUT2D eigenvalue weighted by Gasteiger charge is 2.23. The van der Waals surface area contributed by atoms with Gasteiger partial charge in [0.1, 0.15) is 6.04 Å². The number of hydrogen-bond donors (Lipinski definition) is 3. The molecule has 0 aromatic rings. The normalized spacial score (nSPS) is 10.7. The molecular formula is C16H25N3O6S. The highest BCUT2D eigenvalue weighted by atomic mass is 32.1. The Morgan fingerprint density at radius 3 is 2.23 bits per heavy atom. The predicted molar refractivity (Wildman–Crippen MR) is 99.1 cm³/mol. The van der Waals surface area contributed by atoms with E-state index in [2.05, 4.69) is 33.8 Å². The third-order valence-corrected chi connectivity index (χ3v) is 2.81. The van der Waals surface area contributed by atoms with E-state index in [9.17, 15) is 14.4 Å². The molecule has 10 heteroatoms. The topological polar surface area (TPSA) is 115 Å². The molecule has 0 rings (SSSR count). The van der Waals surface area contributed by atoms with Crippen LogP contribution < -0.4 is 16.0 Å². The molecule has 0 heterocycles. The molecule has 0 unspecified atom stereocenters. The molecule has 0 aromatic carbocycles. The Hall–Kier alpha value is -2.62. The zero-order valence-electron chi connectivity index (χ0n) is 15.2. The van der Waals surface area contributed by atoms with Gasteiger partial charge < -0.3 is 24.8 Å². The summed E-state index contributed by atoms with van der Waals surface area (Å²) in [6.07, 6.45) is -0.786. The minimum Gasteiger partial charge on any atom is -0.450 e. The first-order valence-corrected chi connectivity index (χ1v) is 8.29. The van der Waals surface area contributed by atoms with Gasteiger partial charge in [0.25, 0.3) is 0 Å². The van der Waals surface area contributed by atoms with E-state index in [1.807, 2.05) is 0 Å². The van der Waals surface area contributed by atoms with Gasteiger partial charge in [0.2, 0.25) is 0 Å². The molecule has 0 radical (unpaired) electrons. The van der Waals surface area contributed by atoms with Crippen LogP contribution in [-0.4, -0.2) is 42.5 Å². The monoisotopic (exact) mass is 387 g/mol. The number of alkyl carbamates (subject to hydrolysis) is 2. The van der Waals surface area contributed by atoms with E-state index in [1.54, 1.807) is 6.92 Å². The fourth-order valence-electron chi connectivity index (χ4n) is 1.63. The minimum absolute atomic E-state index is 0.0964. The van der Waals surface area contributed by atoms with E-state index in [0.717, 1.165) is 0 Å². The van der Waals surface area contributed by atoms with Gasteiger partial charge >= 0.3 is 18.2 Å². The van der Waals surface area contributed by atoms with Crippen molar-refractivity contribution in [1.82, 2.24) is 16.0 Å². The van der Waals surface area contributed by atoms with Crippen molar-refractivity contribution in [2.45, 2.75) is 39.7 Å². The number of carbonyl (C=O) groups is 3. The predicted octanol–water partition coefficient (Wildman–Crippen LogP) is 2.09. The lowest BCUT2D eigenvalue weighted by molar-refractivity contribution is -0.141. The zero-order chi connectivity index (χ0) is 20.1. The molecule has 9 nitrogen and oxygen atoms in total. The summed E-state index contributed by atoms with van der Waals surface area (Å²) in [5.41, 5.74) is 0. The molecule has 1 atom stereocenters. The molecular weight excluding hydrogens is 362 g/mol. The van der Waals surface area contributed by atoms with Crippen LogP contribution in [0.15, 0.2) is 24.7 Å². The van der Waals surface area contributed by atoms with Crippen LogP contribution >= 0.6 is 12.2 Å². The smallest absolute Gasteiger partial charge is 0.413 e. The number of ether oxygens (including phenoxy) is 3. The second-order valence-corrected chi connectivity index (χ2v) is 5.56. The molecule has 2 amide bonds. The van der Waals surface area contributed by atoms with E-state index < -0.39 is 24.2 Å².